The summed E-state index contributed by atoms with van der Waals surface area (Å²) in [4.78, 5) is 5.43. The quantitative estimate of drug-likeness (QED) is 0.214. The van der Waals surface area contributed by atoms with Crippen LogP contribution >= 0.6 is 0 Å². The number of hydrogen-bond acceptors (Lipinski definition) is 2. The van der Waals surface area contributed by atoms with Gasteiger partial charge in [0, 0.05) is 27.2 Å². The minimum Gasteiger partial charge on any atom is -0.370 e. The van der Waals surface area contributed by atoms with E-state index in [1.807, 2.05) is 0 Å². The van der Waals surface area contributed by atoms with E-state index in [1.54, 1.807) is 0 Å². The lowest BCUT2D eigenvalue weighted by Gasteiger charge is -2.29. The monoisotopic (exact) mass is 588 g/mol. The maximum atomic E-state index is 5.43. The standard InChI is InChI=1S/C42H28N4/c1-2-14-30(15-3-1)45-37-20-10-6-16-31(37)33-26-40-34(25-39(33)45)32-17-7-11-21-38(32)46(40)42-41(43-35-18-8-9-19-36(35)44-42)29-23-22-27-12-4-5-13-28(27)24-29/h1-26,41,43H. The van der Waals surface area contributed by atoms with Crippen LogP contribution in [0.4, 0.5) is 11.4 Å². The van der Waals surface area contributed by atoms with Gasteiger partial charge in [0.25, 0.3) is 0 Å². The molecule has 0 saturated carbocycles. The Hall–Kier alpha value is -6.13. The third-order valence-electron chi connectivity index (χ3n) is 9.51. The lowest BCUT2D eigenvalue weighted by molar-refractivity contribution is 0.964. The summed E-state index contributed by atoms with van der Waals surface area (Å²) in [6, 6.07) is 56.4. The van der Waals surface area contributed by atoms with Crippen molar-refractivity contribution in [3.63, 3.8) is 0 Å². The van der Waals surface area contributed by atoms with Gasteiger partial charge in [-0.2, -0.15) is 0 Å². The van der Waals surface area contributed by atoms with Crippen LogP contribution in [0.3, 0.4) is 0 Å². The zero-order valence-electron chi connectivity index (χ0n) is 24.9. The predicted octanol–water partition coefficient (Wildman–Crippen LogP) is 10.8. The minimum absolute atomic E-state index is 0.153. The molecule has 1 N–H and O–H groups in total. The number of para-hydroxylation sites is 5. The molecular formula is C42H28N4. The first kappa shape index (κ1) is 25.2. The van der Waals surface area contributed by atoms with E-state index in [0.717, 1.165) is 33.9 Å². The van der Waals surface area contributed by atoms with Crippen LogP contribution in [0.25, 0.3) is 60.1 Å². The maximum Gasteiger partial charge on any atom is 0.141 e. The van der Waals surface area contributed by atoms with Gasteiger partial charge in [-0.3, -0.25) is 4.57 Å². The fraction of sp³-hybridized carbons (Fsp3) is 0.0238. The highest BCUT2D eigenvalue weighted by Crippen LogP contribution is 2.42. The van der Waals surface area contributed by atoms with Gasteiger partial charge in [-0.15, -0.1) is 0 Å². The molecule has 46 heavy (non-hydrogen) atoms. The van der Waals surface area contributed by atoms with Crippen molar-refractivity contribution in [2.45, 2.75) is 6.04 Å². The predicted molar refractivity (Wildman–Crippen MR) is 193 cm³/mol. The Morgan fingerprint density at radius 1 is 0.457 bits per heavy atom. The second-order valence-electron chi connectivity index (χ2n) is 12.1. The van der Waals surface area contributed by atoms with E-state index in [-0.39, 0.29) is 6.04 Å². The van der Waals surface area contributed by atoms with Crippen molar-refractivity contribution < 1.29 is 0 Å². The Morgan fingerprint density at radius 2 is 1.07 bits per heavy atom. The Bertz CT molecular complexity index is 2680. The summed E-state index contributed by atoms with van der Waals surface area (Å²) >= 11 is 0. The number of hydrogen-bond donors (Lipinski definition) is 1. The number of nitrogens with one attached hydrogen (secondary N) is 1. The molecule has 10 rings (SSSR count). The first-order valence-corrected chi connectivity index (χ1v) is 15.8. The molecule has 7 aromatic carbocycles. The Balaban J connectivity index is 1.30. The molecule has 4 heteroatoms. The van der Waals surface area contributed by atoms with Crippen LogP contribution in [0.5, 0.6) is 0 Å². The Labute approximate surface area is 265 Å². The molecule has 0 fully saturated rings. The van der Waals surface area contributed by atoms with Gasteiger partial charge in [-0.25, -0.2) is 4.99 Å². The van der Waals surface area contributed by atoms with Gasteiger partial charge in [0.15, 0.2) is 0 Å². The van der Waals surface area contributed by atoms with Crippen LogP contribution in [0.1, 0.15) is 11.6 Å². The van der Waals surface area contributed by atoms with Crippen LogP contribution in [0.2, 0.25) is 0 Å². The molecule has 1 atom stereocenters. The summed E-state index contributed by atoms with van der Waals surface area (Å²) in [5, 5.41) is 11.2. The van der Waals surface area contributed by atoms with Crippen molar-refractivity contribution in [3.05, 3.63) is 163 Å². The van der Waals surface area contributed by atoms with Crippen LogP contribution < -0.4 is 5.32 Å². The summed E-state index contributed by atoms with van der Waals surface area (Å²) in [5.74, 6) is 0.964. The van der Waals surface area contributed by atoms with Gasteiger partial charge in [0.05, 0.1) is 33.4 Å². The topological polar surface area (TPSA) is 34.2 Å². The number of anilines is 1. The lowest BCUT2D eigenvalue weighted by Crippen LogP contribution is -2.29. The molecule has 1 unspecified atom stereocenters. The van der Waals surface area contributed by atoms with Crippen LogP contribution in [-0.4, -0.2) is 15.0 Å². The summed E-state index contributed by atoms with van der Waals surface area (Å²) in [6.07, 6.45) is 0. The van der Waals surface area contributed by atoms with Crippen molar-refractivity contribution >= 4 is 71.6 Å². The van der Waals surface area contributed by atoms with Gasteiger partial charge in [0.2, 0.25) is 0 Å². The minimum atomic E-state index is -0.153. The first-order valence-electron chi connectivity index (χ1n) is 15.8. The van der Waals surface area contributed by atoms with Gasteiger partial charge in [-0.05, 0) is 70.9 Å². The van der Waals surface area contributed by atoms with Gasteiger partial charge in [0.1, 0.15) is 11.9 Å². The molecule has 3 heterocycles. The highest BCUT2D eigenvalue weighted by Gasteiger charge is 2.29. The fourth-order valence-electron chi connectivity index (χ4n) is 7.43. The number of nitrogens with zero attached hydrogens (tertiary/aromatic N) is 3. The highest BCUT2D eigenvalue weighted by molar-refractivity contribution is 6.22. The first-order chi connectivity index (χ1) is 22.8. The SMILES string of the molecule is c1ccc(-n2c3ccccc3c3cc4c(cc32)c2ccccc2n4C2=Nc3ccccc3NC2c2ccc3ccccc3c2)cc1. The van der Waals surface area contributed by atoms with E-state index in [2.05, 4.69) is 172 Å². The van der Waals surface area contributed by atoms with Gasteiger partial charge < -0.3 is 9.88 Å². The van der Waals surface area contributed by atoms with E-state index in [9.17, 15) is 0 Å². The zero-order valence-corrected chi connectivity index (χ0v) is 24.9. The van der Waals surface area contributed by atoms with Crippen molar-refractivity contribution in [1.29, 1.82) is 0 Å². The Morgan fingerprint density at radius 3 is 1.85 bits per heavy atom. The molecule has 0 saturated heterocycles. The third kappa shape index (κ3) is 3.64. The molecule has 1 aliphatic heterocycles. The number of aromatic nitrogens is 2. The molecule has 1 aliphatic rings. The molecule has 0 amide bonds. The normalized spacial score (nSPS) is 14.6. The molecule has 0 bridgehead atoms. The smallest absolute Gasteiger partial charge is 0.141 e. The third-order valence-corrected chi connectivity index (χ3v) is 9.51. The number of fused-ring (bicyclic) bond motifs is 8. The summed E-state index contributed by atoms with van der Waals surface area (Å²) in [5.41, 5.74) is 9.02. The lowest BCUT2D eigenvalue weighted by atomic mass is 9.99. The summed E-state index contributed by atoms with van der Waals surface area (Å²) < 4.78 is 4.78. The molecule has 216 valence electrons. The summed E-state index contributed by atoms with van der Waals surface area (Å²) in [6.45, 7) is 0. The summed E-state index contributed by atoms with van der Waals surface area (Å²) in [7, 11) is 0. The molecule has 4 nitrogen and oxygen atoms in total. The molecule has 0 radical (unpaired) electrons. The maximum absolute atomic E-state index is 5.43. The van der Waals surface area contributed by atoms with Gasteiger partial charge in [-0.1, -0.05) is 103 Å². The van der Waals surface area contributed by atoms with E-state index in [0.29, 0.717) is 0 Å². The largest absolute Gasteiger partial charge is 0.370 e. The van der Waals surface area contributed by atoms with E-state index < -0.39 is 0 Å². The molecule has 2 aromatic heterocycles. The van der Waals surface area contributed by atoms with Crippen molar-refractivity contribution in [2.75, 3.05) is 5.32 Å². The zero-order chi connectivity index (χ0) is 30.2. The van der Waals surface area contributed by atoms with E-state index >= 15 is 0 Å². The Kier molecular flexibility index (Phi) is 5.31. The fourth-order valence-corrected chi connectivity index (χ4v) is 7.43. The van der Waals surface area contributed by atoms with E-state index in [1.165, 1.54) is 48.9 Å². The van der Waals surface area contributed by atoms with Crippen LogP contribution in [0, 0.1) is 0 Å². The number of benzene rings is 7. The number of aliphatic imine (C=N–C) groups is 1. The molecule has 0 aliphatic carbocycles. The van der Waals surface area contributed by atoms with Crippen molar-refractivity contribution in [1.82, 2.24) is 9.13 Å². The van der Waals surface area contributed by atoms with Gasteiger partial charge >= 0.3 is 0 Å². The average molecular weight is 589 g/mol. The number of rotatable bonds is 2. The second-order valence-corrected chi connectivity index (χ2v) is 12.1. The molecule has 9 aromatic rings. The molecule has 0 spiro atoms. The van der Waals surface area contributed by atoms with Crippen molar-refractivity contribution in [2.24, 2.45) is 4.99 Å². The van der Waals surface area contributed by atoms with Crippen LogP contribution in [-0.2, 0) is 0 Å². The van der Waals surface area contributed by atoms with E-state index in [4.69, 9.17) is 4.99 Å². The molecular weight excluding hydrogens is 560 g/mol. The average Bonchev–Trinajstić information content (AvgIpc) is 3.62. The van der Waals surface area contributed by atoms with Crippen LogP contribution in [0.15, 0.2) is 163 Å². The van der Waals surface area contributed by atoms with Crippen molar-refractivity contribution in [3.8, 4) is 5.69 Å². The highest BCUT2D eigenvalue weighted by atomic mass is 15.2. The second kappa shape index (κ2) is 9.68.